The number of benzene rings is 2. The molecule has 0 unspecified atom stereocenters. The number of aryl methyl sites for hydroxylation is 1. The minimum Gasteiger partial charge on any atom is -0.454 e. The molecule has 0 radical (unpaired) electrons. The molecule has 120 valence electrons. The first kappa shape index (κ1) is 15.9. The molecular formula is C17H14N4O2S. The SMILES string of the molecule is CSC(=Nc1ccc2c(c1)C(=O)Nc1cc(C)ccc1O2)NC#N. The van der Waals surface area contributed by atoms with E-state index in [0.717, 1.165) is 5.56 Å². The first-order valence-electron chi connectivity index (χ1n) is 7.12. The van der Waals surface area contributed by atoms with Crippen LogP contribution >= 0.6 is 11.8 Å². The van der Waals surface area contributed by atoms with E-state index in [9.17, 15) is 4.79 Å². The molecule has 0 saturated carbocycles. The van der Waals surface area contributed by atoms with Crippen molar-refractivity contribution in [2.45, 2.75) is 6.92 Å². The molecule has 0 atom stereocenters. The molecule has 0 spiro atoms. The summed E-state index contributed by atoms with van der Waals surface area (Å²) in [5, 5.41) is 14.5. The summed E-state index contributed by atoms with van der Waals surface area (Å²) < 4.78 is 5.86. The van der Waals surface area contributed by atoms with Gasteiger partial charge in [0, 0.05) is 0 Å². The van der Waals surface area contributed by atoms with Gasteiger partial charge in [-0.1, -0.05) is 17.8 Å². The van der Waals surface area contributed by atoms with E-state index in [1.54, 1.807) is 24.5 Å². The van der Waals surface area contributed by atoms with Gasteiger partial charge in [0.2, 0.25) is 0 Å². The number of hydrogen-bond donors (Lipinski definition) is 2. The Morgan fingerprint density at radius 2 is 2.08 bits per heavy atom. The maximum absolute atomic E-state index is 12.5. The Balaban J connectivity index is 2.00. The molecule has 2 N–H and O–H groups in total. The van der Waals surface area contributed by atoms with Gasteiger partial charge in [0.1, 0.15) is 5.75 Å². The number of aliphatic imine (C=N–C) groups is 1. The number of hydrogen-bond acceptors (Lipinski definition) is 5. The van der Waals surface area contributed by atoms with E-state index >= 15 is 0 Å². The van der Waals surface area contributed by atoms with Crippen molar-refractivity contribution in [2.24, 2.45) is 4.99 Å². The Kier molecular flexibility index (Phi) is 4.40. The van der Waals surface area contributed by atoms with Crippen LogP contribution in [0.5, 0.6) is 11.5 Å². The topological polar surface area (TPSA) is 86.5 Å². The Morgan fingerprint density at radius 1 is 1.29 bits per heavy atom. The standard InChI is InChI=1S/C17H14N4O2S/c1-10-3-5-15-13(7-10)21-16(22)12-8-11(4-6-14(12)23-15)20-17(24-2)19-9-18/h3-8H,1-2H3,(H,19,20)(H,21,22). The van der Waals surface area contributed by atoms with E-state index in [2.05, 4.69) is 15.6 Å². The zero-order valence-electron chi connectivity index (χ0n) is 13.1. The van der Waals surface area contributed by atoms with Crippen molar-refractivity contribution in [2.75, 3.05) is 11.6 Å². The summed E-state index contributed by atoms with van der Waals surface area (Å²) in [5.41, 5.74) is 2.61. The fourth-order valence-corrected chi connectivity index (χ4v) is 2.63. The van der Waals surface area contributed by atoms with Gasteiger partial charge in [-0.25, -0.2) is 4.99 Å². The van der Waals surface area contributed by atoms with Gasteiger partial charge < -0.3 is 10.1 Å². The van der Waals surface area contributed by atoms with Crippen LogP contribution in [0.1, 0.15) is 15.9 Å². The molecule has 1 amide bonds. The highest BCUT2D eigenvalue weighted by Crippen LogP contribution is 2.37. The van der Waals surface area contributed by atoms with Crippen LogP contribution in [0.15, 0.2) is 41.4 Å². The number of amidine groups is 1. The van der Waals surface area contributed by atoms with Crippen molar-refractivity contribution in [3.63, 3.8) is 0 Å². The number of ether oxygens (including phenoxy) is 1. The average molecular weight is 338 g/mol. The van der Waals surface area contributed by atoms with E-state index in [1.807, 2.05) is 31.3 Å². The maximum Gasteiger partial charge on any atom is 0.259 e. The van der Waals surface area contributed by atoms with Crippen LogP contribution in [0.2, 0.25) is 0 Å². The quantitative estimate of drug-likeness (QED) is 0.358. The van der Waals surface area contributed by atoms with Gasteiger partial charge in [-0.05, 0) is 49.1 Å². The van der Waals surface area contributed by atoms with E-state index in [1.165, 1.54) is 11.8 Å². The second kappa shape index (κ2) is 6.64. The van der Waals surface area contributed by atoms with Crippen molar-refractivity contribution >= 4 is 34.2 Å². The molecule has 0 saturated heterocycles. The minimum atomic E-state index is -0.259. The summed E-state index contributed by atoms with van der Waals surface area (Å²) >= 11 is 1.31. The molecule has 0 bridgehead atoms. The molecule has 24 heavy (non-hydrogen) atoms. The van der Waals surface area contributed by atoms with Gasteiger partial charge in [0.25, 0.3) is 5.91 Å². The number of carbonyl (C=O) groups is 1. The predicted octanol–water partition coefficient (Wildman–Crippen LogP) is 3.77. The molecule has 0 aromatic heterocycles. The lowest BCUT2D eigenvalue weighted by molar-refractivity contribution is 0.102. The van der Waals surface area contributed by atoms with E-state index < -0.39 is 0 Å². The minimum absolute atomic E-state index is 0.259. The van der Waals surface area contributed by atoms with Crippen molar-refractivity contribution in [3.05, 3.63) is 47.5 Å². The van der Waals surface area contributed by atoms with Gasteiger partial charge in [0.15, 0.2) is 17.1 Å². The number of nitrogens with zero attached hydrogens (tertiary/aromatic N) is 2. The van der Waals surface area contributed by atoms with Gasteiger partial charge in [-0.15, -0.1) is 0 Å². The summed E-state index contributed by atoms with van der Waals surface area (Å²) in [6, 6.07) is 10.7. The van der Waals surface area contributed by atoms with Crippen LogP contribution in [-0.4, -0.2) is 17.3 Å². The van der Waals surface area contributed by atoms with Crippen LogP contribution in [0.25, 0.3) is 0 Å². The van der Waals surface area contributed by atoms with Gasteiger partial charge in [-0.3, -0.25) is 10.1 Å². The van der Waals surface area contributed by atoms with E-state index in [-0.39, 0.29) is 5.91 Å². The van der Waals surface area contributed by atoms with E-state index in [4.69, 9.17) is 10.00 Å². The predicted molar refractivity (Wildman–Crippen MR) is 95.0 cm³/mol. The third kappa shape index (κ3) is 3.19. The smallest absolute Gasteiger partial charge is 0.259 e. The summed E-state index contributed by atoms with van der Waals surface area (Å²) in [7, 11) is 0. The number of amides is 1. The largest absolute Gasteiger partial charge is 0.454 e. The van der Waals surface area contributed by atoms with Crippen molar-refractivity contribution < 1.29 is 9.53 Å². The fraction of sp³-hybridized carbons (Fsp3) is 0.118. The molecule has 0 fully saturated rings. The molecule has 6 nitrogen and oxygen atoms in total. The lowest BCUT2D eigenvalue weighted by Crippen LogP contribution is -2.13. The van der Waals surface area contributed by atoms with Crippen LogP contribution in [0, 0.1) is 18.4 Å². The van der Waals surface area contributed by atoms with E-state index in [0.29, 0.717) is 33.6 Å². The number of thioether (sulfide) groups is 1. The van der Waals surface area contributed by atoms with Crippen molar-refractivity contribution in [1.82, 2.24) is 5.32 Å². The number of anilines is 1. The number of nitrogens with one attached hydrogen (secondary N) is 2. The van der Waals surface area contributed by atoms with Crippen molar-refractivity contribution in [3.8, 4) is 17.7 Å². The Morgan fingerprint density at radius 3 is 2.83 bits per heavy atom. The third-order valence-electron chi connectivity index (χ3n) is 3.40. The molecule has 7 heteroatoms. The first-order valence-corrected chi connectivity index (χ1v) is 8.35. The normalized spacial score (nSPS) is 12.9. The van der Waals surface area contributed by atoms with Gasteiger partial charge in [-0.2, -0.15) is 5.26 Å². The number of rotatable bonds is 1. The first-order chi connectivity index (χ1) is 11.6. The van der Waals surface area contributed by atoms with Gasteiger partial charge >= 0.3 is 0 Å². The molecule has 1 aliphatic rings. The zero-order chi connectivity index (χ0) is 17.1. The molecule has 2 aromatic rings. The van der Waals surface area contributed by atoms with Crippen LogP contribution < -0.4 is 15.4 Å². The van der Waals surface area contributed by atoms with Crippen LogP contribution in [0.3, 0.4) is 0 Å². The lowest BCUT2D eigenvalue weighted by atomic mass is 10.1. The Hall–Kier alpha value is -2.98. The van der Waals surface area contributed by atoms with Crippen molar-refractivity contribution in [1.29, 1.82) is 5.26 Å². The molecule has 1 aliphatic heterocycles. The second-order valence-corrected chi connectivity index (χ2v) is 5.89. The highest BCUT2D eigenvalue weighted by Gasteiger charge is 2.21. The lowest BCUT2D eigenvalue weighted by Gasteiger charge is -2.08. The Labute approximate surface area is 143 Å². The maximum atomic E-state index is 12.5. The number of fused-ring (bicyclic) bond motifs is 2. The molecule has 2 aromatic carbocycles. The summed E-state index contributed by atoms with van der Waals surface area (Å²) in [4.78, 5) is 16.8. The molecule has 1 heterocycles. The van der Waals surface area contributed by atoms with Crippen LogP contribution in [0.4, 0.5) is 11.4 Å². The fourth-order valence-electron chi connectivity index (χ4n) is 2.28. The highest BCUT2D eigenvalue weighted by molar-refractivity contribution is 8.13. The number of nitriles is 1. The molecule has 0 aliphatic carbocycles. The monoisotopic (exact) mass is 338 g/mol. The summed E-state index contributed by atoms with van der Waals surface area (Å²) in [5.74, 6) is 0.804. The summed E-state index contributed by atoms with van der Waals surface area (Å²) in [6.45, 7) is 1.95. The third-order valence-corrected chi connectivity index (χ3v) is 3.98. The number of carbonyl (C=O) groups excluding carboxylic acids is 1. The average Bonchev–Trinajstić information content (AvgIpc) is 2.70. The van der Waals surface area contributed by atoms with Gasteiger partial charge in [0.05, 0.1) is 16.9 Å². The molecular weight excluding hydrogens is 324 g/mol. The zero-order valence-corrected chi connectivity index (χ0v) is 13.9. The van der Waals surface area contributed by atoms with Crippen LogP contribution in [-0.2, 0) is 0 Å². The molecule has 3 rings (SSSR count). The highest BCUT2D eigenvalue weighted by atomic mass is 32.2. The Bertz CT molecular complexity index is 887. The second-order valence-electron chi connectivity index (χ2n) is 5.09. The summed E-state index contributed by atoms with van der Waals surface area (Å²) in [6.07, 6.45) is 3.64.